The van der Waals surface area contributed by atoms with Gasteiger partial charge < -0.3 is 4.57 Å². The Bertz CT molecular complexity index is 1000. The molecular formula is C16H16N2O2S3. The highest BCUT2D eigenvalue weighted by molar-refractivity contribution is 7.98. The zero-order valence-corrected chi connectivity index (χ0v) is 15.2. The highest BCUT2D eigenvalue weighted by atomic mass is 32.2. The summed E-state index contributed by atoms with van der Waals surface area (Å²) in [6.45, 7) is 2.66. The van der Waals surface area contributed by atoms with E-state index >= 15 is 0 Å². The van der Waals surface area contributed by atoms with E-state index in [-0.39, 0.29) is 4.90 Å². The van der Waals surface area contributed by atoms with Gasteiger partial charge >= 0.3 is 0 Å². The minimum Gasteiger partial charge on any atom is -0.316 e. The predicted molar refractivity (Wildman–Crippen MR) is 96.5 cm³/mol. The first kappa shape index (κ1) is 16.3. The van der Waals surface area contributed by atoms with E-state index in [2.05, 4.69) is 10.5 Å². The Morgan fingerprint density at radius 3 is 2.57 bits per heavy atom. The minimum atomic E-state index is -3.70. The number of fused-ring (bicyclic) bond motifs is 1. The van der Waals surface area contributed by atoms with Crippen LogP contribution in [0, 0.1) is 0 Å². The molecule has 0 bridgehead atoms. The molecular weight excluding hydrogens is 348 g/mol. The quantitative estimate of drug-likeness (QED) is 0.663. The van der Waals surface area contributed by atoms with Gasteiger partial charge in [-0.2, -0.15) is 8.42 Å². The van der Waals surface area contributed by atoms with Crippen LogP contribution in [-0.2, 0) is 16.6 Å². The molecule has 0 spiro atoms. The molecule has 120 valence electrons. The normalized spacial score (nSPS) is 12.9. The Balaban J connectivity index is 2.23. The molecule has 0 aliphatic carbocycles. The van der Waals surface area contributed by atoms with Gasteiger partial charge in [-0.3, -0.25) is 0 Å². The molecule has 3 rings (SSSR count). The zero-order chi connectivity index (χ0) is 16.4. The number of thioether (sulfide) groups is 1. The molecule has 2 aromatic carbocycles. The van der Waals surface area contributed by atoms with Crippen molar-refractivity contribution in [1.82, 2.24) is 4.57 Å². The van der Waals surface area contributed by atoms with Gasteiger partial charge in [-0.1, -0.05) is 29.5 Å². The lowest BCUT2D eigenvalue weighted by Crippen LogP contribution is -2.16. The molecule has 0 fully saturated rings. The second-order valence-electron chi connectivity index (χ2n) is 4.84. The number of aromatic nitrogens is 1. The molecule has 4 nitrogen and oxygen atoms in total. The van der Waals surface area contributed by atoms with Crippen LogP contribution in [0.25, 0.3) is 10.2 Å². The van der Waals surface area contributed by atoms with Gasteiger partial charge in [0, 0.05) is 11.4 Å². The minimum absolute atomic E-state index is 0.213. The molecule has 23 heavy (non-hydrogen) atoms. The molecule has 0 saturated carbocycles. The number of hydrogen-bond acceptors (Lipinski definition) is 4. The van der Waals surface area contributed by atoms with Crippen LogP contribution in [0.2, 0.25) is 0 Å². The lowest BCUT2D eigenvalue weighted by Gasteiger charge is -2.01. The molecule has 0 radical (unpaired) electrons. The molecule has 3 aromatic rings. The van der Waals surface area contributed by atoms with Crippen LogP contribution >= 0.6 is 23.1 Å². The summed E-state index contributed by atoms with van der Waals surface area (Å²) in [5.41, 5.74) is 1.01. The van der Waals surface area contributed by atoms with E-state index in [1.54, 1.807) is 42.1 Å². The summed E-state index contributed by atoms with van der Waals surface area (Å²) in [7, 11) is -3.70. The number of hydrogen-bond donors (Lipinski definition) is 0. The van der Waals surface area contributed by atoms with E-state index in [1.807, 2.05) is 29.9 Å². The van der Waals surface area contributed by atoms with Crippen molar-refractivity contribution in [2.75, 3.05) is 6.26 Å². The second-order valence-corrected chi connectivity index (χ2v) is 8.33. The Hall–Kier alpha value is -1.57. The van der Waals surface area contributed by atoms with Gasteiger partial charge in [-0.25, -0.2) is 0 Å². The molecule has 0 aliphatic rings. The first-order chi connectivity index (χ1) is 11.0. The van der Waals surface area contributed by atoms with E-state index in [4.69, 9.17) is 0 Å². The molecule has 0 saturated heterocycles. The Morgan fingerprint density at radius 1 is 1.17 bits per heavy atom. The molecule has 0 amide bonds. The monoisotopic (exact) mass is 364 g/mol. The molecule has 0 atom stereocenters. The number of nitrogens with zero attached hydrogens (tertiary/aromatic N) is 2. The highest BCUT2D eigenvalue weighted by Gasteiger charge is 2.14. The van der Waals surface area contributed by atoms with Crippen LogP contribution in [-0.4, -0.2) is 19.2 Å². The zero-order valence-electron chi connectivity index (χ0n) is 12.8. The lowest BCUT2D eigenvalue weighted by molar-refractivity contribution is 0.595. The SMILES string of the molecule is CCn1/c(=N/S(=O)(=O)c2ccccc2)sc2cc(SC)ccc21. The van der Waals surface area contributed by atoms with E-state index in [0.29, 0.717) is 11.3 Å². The van der Waals surface area contributed by atoms with E-state index < -0.39 is 10.0 Å². The number of benzene rings is 2. The molecule has 1 heterocycles. The standard InChI is InChI=1S/C16H16N2O2S3/c1-3-18-14-10-9-12(21-2)11-15(14)22-16(18)17-23(19,20)13-7-5-4-6-8-13/h4-11H,3H2,1-2H3/b17-16-. The summed E-state index contributed by atoms with van der Waals surface area (Å²) in [5, 5.41) is 0. The van der Waals surface area contributed by atoms with Crippen LogP contribution < -0.4 is 4.80 Å². The van der Waals surface area contributed by atoms with Crippen molar-refractivity contribution in [3.05, 3.63) is 53.3 Å². The first-order valence-corrected chi connectivity index (χ1v) is 10.6. The van der Waals surface area contributed by atoms with Crippen molar-refractivity contribution in [2.45, 2.75) is 23.3 Å². The van der Waals surface area contributed by atoms with Crippen LogP contribution in [0.3, 0.4) is 0 Å². The maximum absolute atomic E-state index is 12.5. The van der Waals surface area contributed by atoms with Gasteiger partial charge in [0.05, 0.1) is 15.1 Å². The summed E-state index contributed by atoms with van der Waals surface area (Å²) in [4.78, 5) is 1.87. The third-order valence-electron chi connectivity index (χ3n) is 3.45. The maximum Gasteiger partial charge on any atom is 0.285 e. The Labute approximate surface area is 143 Å². The third-order valence-corrected chi connectivity index (χ3v) is 6.61. The van der Waals surface area contributed by atoms with Crippen LogP contribution in [0.5, 0.6) is 0 Å². The summed E-state index contributed by atoms with van der Waals surface area (Å²) >= 11 is 3.07. The molecule has 1 aromatic heterocycles. The van der Waals surface area contributed by atoms with Crippen molar-refractivity contribution in [2.24, 2.45) is 4.40 Å². The Kier molecular flexibility index (Phi) is 4.61. The van der Waals surface area contributed by atoms with Gasteiger partial charge in [0.1, 0.15) is 0 Å². The predicted octanol–water partition coefficient (Wildman–Crippen LogP) is 3.73. The van der Waals surface area contributed by atoms with Crippen LogP contribution in [0.15, 0.2) is 62.7 Å². The van der Waals surface area contributed by atoms with Crippen molar-refractivity contribution >= 4 is 43.3 Å². The summed E-state index contributed by atoms with van der Waals surface area (Å²) in [5.74, 6) is 0. The summed E-state index contributed by atoms with van der Waals surface area (Å²) < 4.78 is 32.0. The van der Waals surface area contributed by atoms with Crippen molar-refractivity contribution in [3.8, 4) is 0 Å². The Morgan fingerprint density at radius 2 is 1.91 bits per heavy atom. The average molecular weight is 365 g/mol. The summed E-state index contributed by atoms with van der Waals surface area (Å²) in [6.07, 6.45) is 2.02. The molecule has 0 N–H and O–H groups in total. The summed E-state index contributed by atoms with van der Waals surface area (Å²) in [6, 6.07) is 14.5. The molecule has 0 aliphatic heterocycles. The van der Waals surface area contributed by atoms with Crippen LogP contribution in [0.1, 0.15) is 6.92 Å². The smallest absolute Gasteiger partial charge is 0.285 e. The molecule has 7 heteroatoms. The van der Waals surface area contributed by atoms with Gasteiger partial charge in [-0.15, -0.1) is 16.2 Å². The second kappa shape index (κ2) is 6.51. The lowest BCUT2D eigenvalue weighted by atomic mass is 10.3. The van der Waals surface area contributed by atoms with Crippen molar-refractivity contribution in [3.63, 3.8) is 0 Å². The van der Waals surface area contributed by atoms with Crippen LogP contribution in [0.4, 0.5) is 0 Å². The topological polar surface area (TPSA) is 51.4 Å². The number of sulfonamides is 1. The fraction of sp³-hybridized carbons (Fsp3) is 0.188. The van der Waals surface area contributed by atoms with E-state index in [9.17, 15) is 8.42 Å². The van der Waals surface area contributed by atoms with Gasteiger partial charge in [-0.05, 0) is 43.5 Å². The van der Waals surface area contributed by atoms with Gasteiger partial charge in [0.2, 0.25) is 4.80 Å². The fourth-order valence-electron chi connectivity index (χ4n) is 2.30. The maximum atomic E-state index is 12.5. The number of rotatable bonds is 4. The van der Waals surface area contributed by atoms with Gasteiger partial charge in [0.25, 0.3) is 10.0 Å². The average Bonchev–Trinajstić information content (AvgIpc) is 2.90. The number of thiazole rings is 1. The fourth-order valence-corrected chi connectivity index (χ4v) is 5.18. The largest absolute Gasteiger partial charge is 0.316 e. The van der Waals surface area contributed by atoms with Gasteiger partial charge in [0.15, 0.2) is 0 Å². The highest BCUT2D eigenvalue weighted by Crippen LogP contribution is 2.24. The van der Waals surface area contributed by atoms with E-state index in [0.717, 1.165) is 15.1 Å². The first-order valence-electron chi connectivity index (χ1n) is 7.08. The van der Waals surface area contributed by atoms with E-state index in [1.165, 1.54) is 11.3 Å². The molecule has 0 unspecified atom stereocenters. The number of aryl methyl sites for hydroxylation is 1. The van der Waals surface area contributed by atoms with Crippen molar-refractivity contribution < 1.29 is 8.42 Å². The third kappa shape index (κ3) is 3.22. The van der Waals surface area contributed by atoms with Crippen molar-refractivity contribution in [1.29, 1.82) is 0 Å².